The lowest BCUT2D eigenvalue weighted by molar-refractivity contribution is -0.408. The predicted octanol–water partition coefficient (Wildman–Crippen LogP) is -2.23. The molecule has 0 spiro atoms. The molecule has 49 nitrogen and oxygen atoms in total. The number of hydrogen-bond donors (Lipinski definition) is 14. The number of aliphatic hydroxyl groups is 14. The van der Waals surface area contributed by atoms with Crippen molar-refractivity contribution in [3.8, 4) is 0 Å². The molecule has 21 saturated heterocycles. The summed E-state index contributed by atoms with van der Waals surface area (Å²) < 4.78 is 244. The van der Waals surface area contributed by atoms with Gasteiger partial charge in [0.15, 0.2) is 44.0 Å². The number of ether oxygens (including phenoxy) is 35. The van der Waals surface area contributed by atoms with Crippen molar-refractivity contribution in [2.45, 2.75) is 353 Å². The van der Waals surface area contributed by atoms with Crippen LogP contribution < -0.4 is 0 Å². The maximum absolute atomic E-state index is 11.0. The Bertz CT molecular complexity index is 2570. The average Bonchev–Trinajstić information content (AvgIpc) is 0.923. The molecule has 0 saturated carbocycles. The first-order valence-electron chi connectivity index (χ1n) is 53.6. The van der Waals surface area contributed by atoms with Crippen LogP contribution in [0.15, 0.2) is 0 Å². The Hall–Kier alpha value is -1.96. The van der Waals surface area contributed by atoms with Crippen LogP contribution in [0.4, 0.5) is 0 Å². The summed E-state index contributed by atoms with van der Waals surface area (Å²) in [5.74, 6) is 0. The molecule has 0 aromatic rings. The van der Waals surface area contributed by atoms with Gasteiger partial charge in [-0.05, 0) is 44.9 Å². The Morgan fingerprint density at radius 1 is 0.136 bits per heavy atom. The zero-order chi connectivity index (χ0) is 106. The third-order valence-corrected chi connectivity index (χ3v) is 25.3. The standard InChI is InChI=1S/C98H182O49/c1-8-15-36-113-57-64-71-78(120-43-22-99)85(127-50-29-106)92(134-64)142-72-65(58-114-37-16-9-2)136-94(87(129-52-31-108)79(72)121-44-23-100)144-74-67(60-116-39-18-11-4)138-96(89(131-54-33-110)81(74)123-46-25-102)146-76-69(62-118-41-20-13-6)140-98(91(133-56-35-112)83(76)125-48-27-104)147-77-70(63-119-42-21-14-7)139-97(90(132-55-34-111)84(77)126-49-28-105)145-75-68(61-117-40-19-12-5)137-95(88(130-53-32-109)82(75)124-47-26-103)143-73-66(59-115-38-17-10-3)135-93(141-71)86(128-51-30-107)80(73)122-45-24-101/h64-112H,8-63H2,1-7H3/t64-,65-,66-,67-,68-,69-,70-,71-,72-,73-,74-,75-,76-,77-,78+,79+,80+,81+,82+,83+,84+,85-,86-,87-,88-,89-,90-,91-,92-,93-,94-,95-,96-,97-,98-/m1/s1. The highest BCUT2D eigenvalue weighted by molar-refractivity contribution is 5.06. The van der Waals surface area contributed by atoms with Gasteiger partial charge in [0, 0.05) is 46.2 Å². The SMILES string of the molecule is CCCCOC[C@H]1O[C@@H]2O[C@H]3[C@H](OCCO)[C@@H](OCCO)[C@@H](O[C@H]4[C@H](OCCO)[C@@H](OCCO)[C@@H](O[C@H]5[C@H](OCCO)[C@@H](OCCO)[C@@H](O[C@H]6[C@H](OCCO)[C@@H](OCCO)[C@@H](O[C@H]7[C@H](OCCO)[C@@H](OCCO)[C@@H](O[C@H]8[C@H](OCCO)[C@@H](OCCO)[C@@H](O[C@H]1[C@H](OCCO)[C@H]2OCCO)O[C@@H]8COCCCC)O[C@@H]7COCCCC)O[C@@H]6COCCCC)O[C@@H]5COCCCC)O[C@@H]4COCCCC)O[C@@H]3COCCCC. The summed E-state index contributed by atoms with van der Waals surface area (Å²) in [7, 11) is 0. The van der Waals surface area contributed by atoms with Crippen LogP contribution in [0.3, 0.4) is 0 Å². The average molecular weight is 2140 g/mol. The van der Waals surface area contributed by atoms with Gasteiger partial charge in [0.2, 0.25) is 0 Å². The molecule has 35 atom stereocenters. The van der Waals surface area contributed by atoms with Crippen molar-refractivity contribution in [3.05, 3.63) is 0 Å². The lowest BCUT2D eigenvalue weighted by atomic mass is 9.94. The molecule has 0 aromatic heterocycles. The Morgan fingerprint density at radius 3 is 0.333 bits per heavy atom. The minimum absolute atomic E-state index is 0.169. The first-order valence-corrected chi connectivity index (χ1v) is 53.6. The van der Waals surface area contributed by atoms with E-state index in [1.165, 1.54) is 0 Å². The largest absolute Gasteiger partial charge is 0.394 e. The second kappa shape index (κ2) is 78.3. The normalized spacial score (nSPS) is 34.7. The topological polar surface area (TPSA) is 606 Å². The molecule has 0 unspecified atom stereocenters. The monoisotopic (exact) mass is 2140 g/mol. The summed E-state index contributed by atoms with van der Waals surface area (Å²) in [6, 6.07) is 0. The second-order valence-electron chi connectivity index (χ2n) is 36.3. The number of rotatable bonds is 77. The summed E-state index contributed by atoms with van der Waals surface area (Å²) in [4.78, 5) is 0. The molecule has 21 fully saturated rings. The van der Waals surface area contributed by atoms with E-state index in [-0.39, 0.29) is 92.5 Å². The van der Waals surface area contributed by atoms with Crippen LogP contribution in [-0.2, 0) is 166 Å². The number of aliphatic hydroxyl groups excluding tert-OH is 14. The fraction of sp³-hybridized carbons (Fsp3) is 1.00. The fourth-order valence-electron chi connectivity index (χ4n) is 18.4. The summed E-state index contributed by atoms with van der Waals surface area (Å²) >= 11 is 0. The first-order chi connectivity index (χ1) is 72.2. The van der Waals surface area contributed by atoms with E-state index < -0.39 is 400 Å². The van der Waals surface area contributed by atoms with Gasteiger partial charge in [0.25, 0.3) is 0 Å². The van der Waals surface area contributed by atoms with E-state index in [0.717, 1.165) is 0 Å². The highest BCUT2D eigenvalue weighted by Crippen LogP contribution is 2.45. The first kappa shape index (κ1) is 130. The minimum Gasteiger partial charge on any atom is -0.394 e. The predicted molar refractivity (Wildman–Crippen MR) is 510 cm³/mol. The molecule has 147 heavy (non-hydrogen) atoms. The van der Waals surface area contributed by atoms with Crippen LogP contribution in [0.5, 0.6) is 0 Å². The van der Waals surface area contributed by atoms with E-state index in [9.17, 15) is 71.5 Å². The summed E-state index contributed by atoms with van der Waals surface area (Å²) in [6.07, 6.45) is -44.5. The molecule has 14 bridgehead atoms. The molecule has 0 aliphatic carbocycles. The number of unbranched alkanes of at least 4 members (excludes halogenated alkanes) is 7. The van der Waals surface area contributed by atoms with Crippen LogP contribution in [0.1, 0.15) is 138 Å². The van der Waals surface area contributed by atoms with Crippen LogP contribution >= 0.6 is 0 Å². The molecular weight excluding hydrogens is 1960 g/mol. The van der Waals surface area contributed by atoms with Crippen molar-refractivity contribution in [2.24, 2.45) is 0 Å². The lowest BCUT2D eigenvalue weighted by Gasteiger charge is -2.53. The summed E-state index contributed by atoms with van der Waals surface area (Å²) in [5.41, 5.74) is 0. The van der Waals surface area contributed by atoms with Crippen molar-refractivity contribution in [3.63, 3.8) is 0 Å². The zero-order valence-electron chi connectivity index (χ0n) is 87.4. The number of hydrogen-bond acceptors (Lipinski definition) is 49. The van der Waals surface area contributed by atoms with Crippen molar-refractivity contribution < 1.29 is 237 Å². The van der Waals surface area contributed by atoms with Gasteiger partial charge in [-0.2, -0.15) is 0 Å². The van der Waals surface area contributed by atoms with E-state index in [4.69, 9.17) is 166 Å². The molecule has 21 aliphatic heterocycles. The van der Waals surface area contributed by atoms with Crippen molar-refractivity contribution in [1.29, 1.82) is 0 Å². The Labute approximate surface area is 864 Å². The molecule has 21 heterocycles. The Morgan fingerprint density at radius 2 is 0.238 bits per heavy atom. The van der Waals surface area contributed by atoms with Gasteiger partial charge in [0.1, 0.15) is 171 Å². The quantitative estimate of drug-likeness (QED) is 0.0287. The highest BCUT2D eigenvalue weighted by atomic mass is 16.8. The molecule has 21 aliphatic rings. The molecule has 21 rings (SSSR count). The molecule has 0 amide bonds. The fourth-order valence-corrected chi connectivity index (χ4v) is 18.4. The van der Waals surface area contributed by atoms with Gasteiger partial charge in [-0.1, -0.05) is 93.4 Å². The smallest absolute Gasteiger partial charge is 0.187 e. The molecular formula is C98H182O49. The Balaban J connectivity index is 1.49. The van der Waals surface area contributed by atoms with E-state index in [1.54, 1.807) is 0 Å². The molecule has 14 N–H and O–H groups in total. The van der Waals surface area contributed by atoms with Crippen LogP contribution in [-0.4, -0.2) is 564 Å². The van der Waals surface area contributed by atoms with Crippen LogP contribution in [0.2, 0.25) is 0 Å². The summed E-state index contributed by atoms with van der Waals surface area (Å²) in [5, 5.41) is 154. The Kier molecular flexibility index (Phi) is 69.3. The van der Waals surface area contributed by atoms with Gasteiger partial charge < -0.3 is 237 Å². The maximum Gasteiger partial charge on any atom is 0.187 e. The third kappa shape index (κ3) is 41.7. The molecule has 0 aromatic carbocycles. The van der Waals surface area contributed by atoms with Crippen LogP contribution in [0.25, 0.3) is 0 Å². The minimum atomic E-state index is -1.71. The highest BCUT2D eigenvalue weighted by Gasteiger charge is 2.64. The molecule has 49 heteroatoms. The van der Waals surface area contributed by atoms with E-state index >= 15 is 0 Å². The second-order valence-corrected chi connectivity index (χ2v) is 36.3. The summed E-state index contributed by atoms with van der Waals surface area (Å²) in [6.45, 7) is -1.55. The van der Waals surface area contributed by atoms with Crippen LogP contribution in [0, 0.1) is 0 Å². The van der Waals surface area contributed by atoms with Crippen molar-refractivity contribution in [1.82, 2.24) is 0 Å². The third-order valence-electron chi connectivity index (χ3n) is 25.3. The van der Waals surface area contributed by atoms with E-state index in [2.05, 4.69) is 0 Å². The van der Waals surface area contributed by atoms with Gasteiger partial charge in [-0.25, -0.2) is 0 Å². The van der Waals surface area contributed by atoms with Gasteiger partial charge in [-0.15, -0.1) is 0 Å². The molecule has 0 radical (unpaired) electrons. The van der Waals surface area contributed by atoms with E-state index in [0.29, 0.717) is 89.9 Å². The van der Waals surface area contributed by atoms with Gasteiger partial charge >= 0.3 is 0 Å². The van der Waals surface area contributed by atoms with Crippen molar-refractivity contribution in [2.75, 3.05) is 277 Å². The van der Waals surface area contributed by atoms with Gasteiger partial charge in [-0.3, -0.25) is 0 Å². The van der Waals surface area contributed by atoms with Gasteiger partial charge in [0.05, 0.1) is 231 Å². The zero-order valence-corrected chi connectivity index (χ0v) is 87.4. The molecule has 868 valence electrons. The van der Waals surface area contributed by atoms with Crippen molar-refractivity contribution >= 4 is 0 Å². The lowest BCUT2D eigenvalue weighted by Crippen LogP contribution is -2.70. The van der Waals surface area contributed by atoms with E-state index in [1.807, 2.05) is 48.5 Å². The maximum atomic E-state index is 11.0.